The van der Waals surface area contributed by atoms with Gasteiger partial charge < -0.3 is 14.3 Å². The zero-order valence-corrected chi connectivity index (χ0v) is 17.5. The molecule has 0 atom stereocenters. The molecule has 4 rings (SSSR count). The van der Waals surface area contributed by atoms with Crippen LogP contribution in [0.4, 0.5) is 0 Å². The lowest BCUT2D eigenvalue weighted by atomic mass is 10.0. The Bertz CT molecular complexity index is 1350. The Morgan fingerprint density at radius 1 is 1.00 bits per heavy atom. The van der Waals surface area contributed by atoms with Gasteiger partial charge in [0.2, 0.25) is 0 Å². The third-order valence-electron chi connectivity index (χ3n) is 5.13. The number of nitrogens with one attached hydrogen (secondary N) is 1. The molecule has 3 aromatic carbocycles. The van der Waals surface area contributed by atoms with Crippen molar-refractivity contribution < 1.29 is 23.8 Å². The molecule has 0 saturated carbocycles. The minimum absolute atomic E-state index is 0.214. The average molecular weight is 428 g/mol. The van der Waals surface area contributed by atoms with Crippen LogP contribution in [-0.2, 0) is 0 Å². The van der Waals surface area contributed by atoms with Crippen LogP contribution in [-0.4, -0.2) is 30.3 Å². The molecule has 2 N–H and O–H groups in total. The number of carboxylic acids is 1. The second-order valence-corrected chi connectivity index (χ2v) is 7.08. The van der Waals surface area contributed by atoms with Crippen LogP contribution in [0.15, 0.2) is 76.2 Å². The molecule has 0 fully saturated rings. The van der Waals surface area contributed by atoms with E-state index in [1.54, 1.807) is 49.4 Å². The molecule has 32 heavy (non-hydrogen) atoms. The average Bonchev–Trinajstić information content (AvgIpc) is 3.26. The van der Waals surface area contributed by atoms with Crippen LogP contribution in [0.3, 0.4) is 0 Å². The Hall–Kier alpha value is -4.39. The number of hydrogen-bond acceptors (Lipinski definition) is 5. The summed E-state index contributed by atoms with van der Waals surface area (Å²) < 4.78 is 11.1. The molecule has 0 saturated heterocycles. The largest absolute Gasteiger partial charge is 0.496 e. The highest BCUT2D eigenvalue weighted by molar-refractivity contribution is 6.02. The molecule has 7 nitrogen and oxygen atoms in total. The van der Waals surface area contributed by atoms with Crippen molar-refractivity contribution in [2.45, 2.75) is 6.92 Å². The molecule has 0 aliphatic carbocycles. The van der Waals surface area contributed by atoms with Crippen LogP contribution in [0.2, 0.25) is 0 Å². The first-order chi connectivity index (χ1) is 15.5. The third-order valence-corrected chi connectivity index (χ3v) is 5.13. The van der Waals surface area contributed by atoms with Gasteiger partial charge in [-0.3, -0.25) is 4.79 Å². The summed E-state index contributed by atoms with van der Waals surface area (Å²) in [7, 11) is 1.51. The Morgan fingerprint density at radius 2 is 1.75 bits per heavy atom. The monoisotopic (exact) mass is 428 g/mol. The Kier molecular flexibility index (Phi) is 5.72. The normalized spacial score (nSPS) is 11.1. The molecule has 0 radical (unpaired) electrons. The molecule has 7 heteroatoms. The van der Waals surface area contributed by atoms with Crippen LogP contribution in [0, 0.1) is 6.92 Å². The summed E-state index contributed by atoms with van der Waals surface area (Å²) in [5, 5.41) is 15.2. The van der Waals surface area contributed by atoms with Gasteiger partial charge in [-0.2, -0.15) is 5.10 Å². The molecule has 0 spiro atoms. The fourth-order valence-corrected chi connectivity index (χ4v) is 3.48. The van der Waals surface area contributed by atoms with E-state index in [2.05, 4.69) is 10.5 Å². The smallest absolute Gasteiger partial charge is 0.335 e. The van der Waals surface area contributed by atoms with Gasteiger partial charge in [0, 0.05) is 5.56 Å². The second-order valence-electron chi connectivity index (χ2n) is 7.08. The van der Waals surface area contributed by atoms with Crippen molar-refractivity contribution in [3.05, 3.63) is 89.2 Å². The SMILES string of the molecule is COc1cc2ccccc2cc1C(=O)N/N=C\c1ccc(-c2cccc(C(=O)O)c2C)o1. The van der Waals surface area contributed by atoms with Gasteiger partial charge >= 0.3 is 5.97 Å². The first-order valence-electron chi connectivity index (χ1n) is 9.81. The van der Waals surface area contributed by atoms with Gasteiger partial charge in [0.05, 0.1) is 24.5 Å². The van der Waals surface area contributed by atoms with Gasteiger partial charge in [-0.1, -0.05) is 36.4 Å². The van der Waals surface area contributed by atoms with Crippen LogP contribution < -0.4 is 10.2 Å². The number of rotatable bonds is 6. The number of amides is 1. The minimum atomic E-state index is -0.996. The number of nitrogens with zero attached hydrogens (tertiary/aromatic N) is 1. The van der Waals surface area contributed by atoms with Gasteiger partial charge in [0.25, 0.3) is 5.91 Å². The number of benzene rings is 3. The van der Waals surface area contributed by atoms with E-state index in [1.165, 1.54) is 13.3 Å². The highest BCUT2D eigenvalue weighted by Gasteiger charge is 2.15. The first kappa shape index (κ1) is 20.9. The van der Waals surface area contributed by atoms with Gasteiger partial charge in [-0.05, 0) is 53.6 Å². The van der Waals surface area contributed by atoms with Crippen molar-refractivity contribution in [1.82, 2.24) is 5.43 Å². The van der Waals surface area contributed by atoms with Gasteiger partial charge in [-0.15, -0.1) is 0 Å². The van der Waals surface area contributed by atoms with Crippen LogP contribution in [0.1, 0.15) is 32.0 Å². The van der Waals surface area contributed by atoms with Crippen molar-refractivity contribution in [3.63, 3.8) is 0 Å². The summed E-state index contributed by atoms with van der Waals surface area (Å²) in [6, 6.07) is 19.7. The summed E-state index contributed by atoms with van der Waals surface area (Å²) in [6.07, 6.45) is 1.38. The van der Waals surface area contributed by atoms with E-state index in [-0.39, 0.29) is 5.56 Å². The van der Waals surface area contributed by atoms with E-state index in [1.807, 2.05) is 24.3 Å². The first-order valence-corrected chi connectivity index (χ1v) is 9.81. The van der Waals surface area contributed by atoms with Gasteiger partial charge in [0.15, 0.2) is 0 Å². The van der Waals surface area contributed by atoms with Crippen LogP contribution in [0.25, 0.3) is 22.1 Å². The molecular formula is C25H20N2O5. The highest BCUT2D eigenvalue weighted by Crippen LogP contribution is 2.28. The summed E-state index contributed by atoms with van der Waals surface area (Å²) in [4.78, 5) is 24.0. The van der Waals surface area contributed by atoms with Crippen LogP contribution in [0.5, 0.6) is 5.75 Å². The van der Waals surface area contributed by atoms with Crippen molar-refractivity contribution in [2.24, 2.45) is 5.10 Å². The van der Waals surface area contributed by atoms with E-state index in [0.29, 0.717) is 34.0 Å². The lowest BCUT2D eigenvalue weighted by Crippen LogP contribution is -2.18. The molecule has 0 bridgehead atoms. The number of aromatic carboxylic acids is 1. The zero-order chi connectivity index (χ0) is 22.7. The van der Waals surface area contributed by atoms with Gasteiger partial charge in [0.1, 0.15) is 17.3 Å². The summed E-state index contributed by atoms with van der Waals surface area (Å²) in [5.41, 5.74) is 4.34. The number of fused-ring (bicyclic) bond motifs is 1. The molecule has 1 amide bonds. The van der Waals surface area contributed by atoms with Gasteiger partial charge in [-0.25, -0.2) is 10.2 Å². The number of ether oxygens (including phenoxy) is 1. The Labute approximate surface area is 183 Å². The number of hydrogen-bond donors (Lipinski definition) is 2. The van der Waals surface area contributed by atoms with E-state index in [0.717, 1.165) is 10.8 Å². The number of methoxy groups -OCH3 is 1. The molecular weight excluding hydrogens is 408 g/mol. The number of hydrazone groups is 1. The number of carbonyl (C=O) groups excluding carboxylic acids is 1. The molecule has 0 unspecified atom stereocenters. The number of carboxylic acid groups (broad SMARTS) is 1. The maximum absolute atomic E-state index is 12.6. The Balaban J connectivity index is 1.52. The predicted molar refractivity (Wildman–Crippen MR) is 121 cm³/mol. The summed E-state index contributed by atoms with van der Waals surface area (Å²) >= 11 is 0. The van der Waals surface area contributed by atoms with E-state index < -0.39 is 11.9 Å². The van der Waals surface area contributed by atoms with Crippen molar-refractivity contribution in [3.8, 4) is 17.1 Å². The molecule has 4 aromatic rings. The minimum Gasteiger partial charge on any atom is -0.496 e. The van der Waals surface area contributed by atoms with E-state index >= 15 is 0 Å². The predicted octanol–water partition coefficient (Wildman–Crippen LogP) is 4.88. The van der Waals surface area contributed by atoms with E-state index in [9.17, 15) is 14.7 Å². The molecule has 1 heterocycles. The molecule has 0 aliphatic rings. The van der Waals surface area contributed by atoms with Crippen LogP contribution >= 0.6 is 0 Å². The van der Waals surface area contributed by atoms with E-state index in [4.69, 9.17) is 9.15 Å². The maximum atomic E-state index is 12.6. The lowest BCUT2D eigenvalue weighted by molar-refractivity contribution is 0.0696. The highest BCUT2D eigenvalue weighted by atomic mass is 16.5. The maximum Gasteiger partial charge on any atom is 0.335 e. The second kappa shape index (κ2) is 8.77. The molecule has 160 valence electrons. The molecule has 0 aliphatic heterocycles. The summed E-state index contributed by atoms with van der Waals surface area (Å²) in [5.74, 6) is -0.0453. The fourth-order valence-electron chi connectivity index (χ4n) is 3.48. The Morgan fingerprint density at radius 3 is 2.47 bits per heavy atom. The standard InChI is InChI=1S/C25H20N2O5/c1-15-19(8-5-9-20(15)25(29)30)22-11-10-18(32-22)14-26-27-24(28)21-12-16-6-3-4-7-17(16)13-23(21)31-2/h3-14H,1-2H3,(H,27,28)(H,29,30)/b26-14-. The van der Waals surface area contributed by atoms with Crippen molar-refractivity contribution in [1.29, 1.82) is 0 Å². The number of carbonyl (C=O) groups is 2. The van der Waals surface area contributed by atoms with Crippen molar-refractivity contribution in [2.75, 3.05) is 7.11 Å². The zero-order valence-electron chi connectivity index (χ0n) is 17.5. The lowest BCUT2D eigenvalue weighted by Gasteiger charge is -2.09. The van der Waals surface area contributed by atoms with Crippen molar-refractivity contribution >= 4 is 28.9 Å². The molecule has 1 aromatic heterocycles. The quantitative estimate of drug-likeness (QED) is 0.337. The number of furan rings is 1. The summed E-state index contributed by atoms with van der Waals surface area (Å²) in [6.45, 7) is 1.73. The fraction of sp³-hybridized carbons (Fsp3) is 0.0800. The third kappa shape index (κ3) is 4.09. The topological polar surface area (TPSA) is 101 Å².